The van der Waals surface area contributed by atoms with Crippen LogP contribution in [0.5, 0.6) is 0 Å². The number of aryl methyl sites for hydroxylation is 4. The Morgan fingerprint density at radius 3 is 1.37 bits per heavy atom. The zero-order valence-electron chi connectivity index (χ0n) is 33.4. The first-order valence-corrected chi connectivity index (χ1v) is 23.9. The second kappa shape index (κ2) is 17.4. The Hall–Kier alpha value is -5.24. The molecule has 8 rings (SSSR count). The molecule has 312 valence electrons. The van der Waals surface area contributed by atoms with Gasteiger partial charge in [-0.3, -0.25) is 29.4 Å². The molecule has 2 aliphatic rings. The first-order chi connectivity index (χ1) is 28.5. The minimum Gasteiger partial charge on any atom is -0.291 e. The van der Waals surface area contributed by atoms with Crippen molar-refractivity contribution in [2.45, 2.75) is 72.6 Å². The lowest BCUT2D eigenvalue weighted by Crippen LogP contribution is -2.33. The van der Waals surface area contributed by atoms with Crippen LogP contribution in [0.15, 0.2) is 93.6 Å². The van der Waals surface area contributed by atoms with Crippen LogP contribution in [-0.2, 0) is 42.5 Å². The standard InChI is InChI=1S/2C21H22N4O3S2/c2*1-13-20(30(22,27)28)29-21(24-13)25(2)19(26)17-7-5-6-14-12-15(9-10-16(14)17)18-8-3-4-11-23-18/h2*3-4,8-12,17H,5-7H2,1-2H3,(H2,22,27,28)/t2*17-/m10/s1. The first-order valence-electron chi connectivity index (χ1n) is 19.1. The second-order valence-corrected chi connectivity index (χ2v) is 20.2. The number of fused-ring (bicyclic) bond motifs is 2. The highest BCUT2D eigenvalue weighted by Gasteiger charge is 2.33. The van der Waals surface area contributed by atoms with E-state index >= 15 is 0 Å². The lowest BCUT2D eigenvalue weighted by Gasteiger charge is -2.28. The minimum absolute atomic E-state index is 0.0128. The molecule has 2 atom stereocenters. The number of thiazole rings is 2. The smallest absolute Gasteiger partial charge is 0.249 e. The van der Waals surface area contributed by atoms with Gasteiger partial charge >= 0.3 is 0 Å². The van der Waals surface area contributed by atoms with Crippen LogP contribution in [0.3, 0.4) is 0 Å². The number of carbonyl (C=O) groups is 2. The SMILES string of the molecule is Cc1nc(N(C)C(=O)[C@@H]2CCCc3cc(-c4ccccn4)ccc32)sc1S(N)(=O)=O.Cc1nc(N(C)C(=O)[C@H]2CCCc3cc(-c4ccccn4)ccc32)sc1S(N)(=O)=O. The van der Waals surface area contributed by atoms with Gasteiger partial charge in [-0.05, 0) is 111 Å². The Morgan fingerprint density at radius 2 is 1.03 bits per heavy atom. The number of primary sulfonamides is 2. The van der Waals surface area contributed by atoms with Crippen LogP contribution in [0.25, 0.3) is 22.5 Å². The highest BCUT2D eigenvalue weighted by atomic mass is 32.3. The number of pyridine rings is 2. The van der Waals surface area contributed by atoms with Crippen molar-refractivity contribution in [3.05, 3.63) is 119 Å². The number of hydrogen-bond acceptors (Lipinski definition) is 12. The van der Waals surface area contributed by atoms with Crippen LogP contribution < -0.4 is 20.1 Å². The third kappa shape index (κ3) is 9.08. The number of rotatable bonds is 8. The van der Waals surface area contributed by atoms with Gasteiger partial charge in [-0.15, -0.1) is 0 Å². The minimum atomic E-state index is -3.86. The van der Waals surface area contributed by atoms with Crippen LogP contribution in [0, 0.1) is 13.8 Å². The van der Waals surface area contributed by atoms with E-state index in [1.807, 2.05) is 60.7 Å². The Balaban J connectivity index is 0.000000181. The first kappa shape index (κ1) is 42.9. The molecule has 18 heteroatoms. The molecule has 60 heavy (non-hydrogen) atoms. The van der Waals surface area contributed by atoms with Gasteiger partial charge in [0.05, 0.1) is 34.6 Å². The predicted octanol–water partition coefficient (Wildman–Crippen LogP) is 6.49. The van der Waals surface area contributed by atoms with E-state index < -0.39 is 20.0 Å². The van der Waals surface area contributed by atoms with Crippen LogP contribution >= 0.6 is 22.7 Å². The molecule has 0 spiro atoms. The molecule has 14 nitrogen and oxygen atoms in total. The number of nitrogens with two attached hydrogens (primary N) is 2. The van der Waals surface area contributed by atoms with Gasteiger partial charge in [0.1, 0.15) is 0 Å². The normalized spacial score (nSPS) is 16.2. The number of hydrogen-bond donors (Lipinski definition) is 2. The Labute approximate surface area is 357 Å². The third-order valence-corrected chi connectivity index (χ3v) is 16.2. The van der Waals surface area contributed by atoms with Gasteiger partial charge < -0.3 is 0 Å². The molecule has 2 aromatic carbocycles. The molecule has 0 aliphatic heterocycles. The lowest BCUT2D eigenvalue weighted by molar-refractivity contribution is -0.120. The summed E-state index contributed by atoms with van der Waals surface area (Å²) in [5.41, 5.74) is 8.80. The number of anilines is 2. The van der Waals surface area contributed by atoms with E-state index in [-0.39, 0.29) is 32.1 Å². The summed E-state index contributed by atoms with van der Waals surface area (Å²) in [4.78, 5) is 46.8. The Bertz CT molecular complexity index is 2600. The van der Waals surface area contributed by atoms with Crippen LogP contribution in [-0.4, -0.2) is 62.7 Å². The maximum absolute atomic E-state index is 13.3. The second-order valence-electron chi connectivity index (χ2n) is 14.8. The summed E-state index contributed by atoms with van der Waals surface area (Å²) < 4.78 is 46.8. The van der Waals surface area contributed by atoms with Gasteiger partial charge in [-0.25, -0.2) is 37.1 Å². The summed E-state index contributed by atoms with van der Waals surface area (Å²) in [5, 5.41) is 11.2. The fourth-order valence-corrected chi connectivity index (χ4v) is 11.6. The average Bonchev–Trinajstić information content (AvgIpc) is 3.85. The van der Waals surface area contributed by atoms with Crippen molar-refractivity contribution in [1.29, 1.82) is 0 Å². The fraction of sp³-hybridized carbons (Fsp3) is 0.286. The van der Waals surface area contributed by atoms with Crippen LogP contribution in [0.4, 0.5) is 10.3 Å². The number of likely N-dealkylation sites (N-methyl/N-ethyl adjacent to an activating group) is 2. The molecule has 0 unspecified atom stereocenters. The van der Waals surface area contributed by atoms with E-state index in [1.165, 1.54) is 9.80 Å². The van der Waals surface area contributed by atoms with Crippen molar-refractivity contribution in [3.63, 3.8) is 0 Å². The van der Waals surface area contributed by atoms with E-state index in [4.69, 9.17) is 10.3 Å². The molecule has 2 amide bonds. The molecule has 4 aromatic heterocycles. The monoisotopic (exact) mass is 884 g/mol. The van der Waals surface area contributed by atoms with E-state index in [0.29, 0.717) is 21.7 Å². The highest BCUT2D eigenvalue weighted by molar-refractivity contribution is 7.91. The van der Waals surface area contributed by atoms with Crippen LogP contribution in [0.1, 0.15) is 71.2 Å². The number of nitrogens with zero attached hydrogens (tertiary/aromatic N) is 6. The van der Waals surface area contributed by atoms with Crippen molar-refractivity contribution < 1.29 is 26.4 Å². The summed E-state index contributed by atoms with van der Waals surface area (Å²) in [6.45, 7) is 3.15. The zero-order valence-corrected chi connectivity index (χ0v) is 36.7. The molecule has 0 fully saturated rings. The number of carbonyl (C=O) groups excluding carboxylic acids is 2. The van der Waals surface area contributed by atoms with Gasteiger partial charge in [0.2, 0.25) is 31.9 Å². The molecule has 0 radical (unpaired) electrons. The summed E-state index contributed by atoms with van der Waals surface area (Å²) in [5.74, 6) is -0.787. The summed E-state index contributed by atoms with van der Waals surface area (Å²) in [6.07, 6.45) is 8.65. The lowest BCUT2D eigenvalue weighted by atomic mass is 9.81. The Kier molecular flexibility index (Phi) is 12.4. The van der Waals surface area contributed by atoms with Crippen molar-refractivity contribution in [2.24, 2.45) is 10.3 Å². The zero-order chi connectivity index (χ0) is 42.9. The van der Waals surface area contributed by atoms with E-state index in [1.54, 1.807) is 40.3 Å². The molecular weight excluding hydrogens is 841 g/mol. The van der Waals surface area contributed by atoms with Crippen molar-refractivity contribution in [3.8, 4) is 22.5 Å². The summed E-state index contributed by atoms with van der Waals surface area (Å²) >= 11 is 1.84. The van der Waals surface area contributed by atoms with Gasteiger partial charge in [0, 0.05) is 37.6 Å². The summed E-state index contributed by atoms with van der Waals surface area (Å²) in [6, 6.07) is 23.9. The van der Waals surface area contributed by atoms with E-state index in [0.717, 1.165) is 106 Å². The highest BCUT2D eigenvalue weighted by Crippen LogP contribution is 2.39. The van der Waals surface area contributed by atoms with Crippen LogP contribution in [0.2, 0.25) is 0 Å². The van der Waals surface area contributed by atoms with E-state index in [2.05, 4.69) is 32.1 Å². The molecule has 0 saturated heterocycles. The quantitative estimate of drug-likeness (QED) is 0.170. The predicted molar refractivity (Wildman–Crippen MR) is 234 cm³/mol. The topological polar surface area (TPSA) is 212 Å². The third-order valence-electron chi connectivity index (χ3n) is 10.7. The largest absolute Gasteiger partial charge is 0.291 e. The molecule has 4 N–H and O–H groups in total. The number of aromatic nitrogens is 4. The van der Waals surface area contributed by atoms with Crippen molar-refractivity contribution >= 4 is 64.8 Å². The van der Waals surface area contributed by atoms with Crippen molar-refractivity contribution in [1.82, 2.24) is 19.9 Å². The molecule has 0 saturated carbocycles. The Morgan fingerprint density at radius 1 is 0.633 bits per heavy atom. The number of amides is 2. The maximum Gasteiger partial charge on any atom is 0.249 e. The molecular formula is C42H44N8O6S4. The molecule has 0 bridgehead atoms. The molecule has 6 aromatic rings. The average molecular weight is 885 g/mol. The van der Waals surface area contributed by atoms with Crippen molar-refractivity contribution in [2.75, 3.05) is 23.9 Å². The van der Waals surface area contributed by atoms with E-state index in [9.17, 15) is 26.4 Å². The van der Waals surface area contributed by atoms with Gasteiger partial charge in [0.25, 0.3) is 0 Å². The fourth-order valence-electron chi connectivity index (χ4n) is 7.74. The molecule has 4 heterocycles. The molecule has 2 aliphatic carbocycles. The maximum atomic E-state index is 13.3. The van der Waals surface area contributed by atoms with Gasteiger partial charge in [-0.1, -0.05) is 59.1 Å². The van der Waals surface area contributed by atoms with Gasteiger partial charge in [0.15, 0.2) is 18.7 Å². The number of benzene rings is 2. The summed E-state index contributed by atoms with van der Waals surface area (Å²) in [7, 11) is -4.47. The number of sulfonamides is 2. The van der Waals surface area contributed by atoms with Gasteiger partial charge in [-0.2, -0.15) is 0 Å².